The fourth-order valence-electron chi connectivity index (χ4n) is 10.4. The zero-order valence-electron chi connectivity index (χ0n) is 32.1. The average molecular weight is 758 g/mol. The quantitative estimate of drug-likeness (QED) is 0.200. The van der Waals surface area contributed by atoms with Gasteiger partial charge in [-0.1, -0.05) is 31.5 Å². The number of aryl methyl sites for hydroxylation is 1. The Balaban J connectivity index is 1.04. The van der Waals surface area contributed by atoms with Crippen LogP contribution in [-0.2, 0) is 27.8 Å². The van der Waals surface area contributed by atoms with Crippen molar-refractivity contribution in [2.24, 2.45) is 11.8 Å². The number of rotatable bonds is 11. The van der Waals surface area contributed by atoms with Crippen molar-refractivity contribution in [3.63, 3.8) is 0 Å². The Morgan fingerprint density at radius 1 is 1.11 bits per heavy atom. The number of carboxylic acid groups (broad SMARTS) is 1. The SMILES string of the molecule is C[C@@H](COc1ccnc2c1[C@H](C)CCC2)CC1Cc2cc3c(cc2C12CCC(Nc1cccc(Cl)c1)(C(=O)O)CC2)OC(CN(C)C1CCOCC1)CO3. The number of carbonyl (C=O) groups is 1. The molecule has 54 heavy (non-hydrogen) atoms. The Hall–Kier alpha value is -3.53. The highest BCUT2D eigenvalue weighted by molar-refractivity contribution is 6.30. The summed E-state index contributed by atoms with van der Waals surface area (Å²) in [6, 6.07) is 14.4. The van der Waals surface area contributed by atoms with Crippen molar-refractivity contribution in [3.8, 4) is 17.2 Å². The molecule has 9 nitrogen and oxygen atoms in total. The molecule has 5 aliphatic rings. The number of benzene rings is 2. The van der Waals surface area contributed by atoms with E-state index < -0.39 is 11.5 Å². The van der Waals surface area contributed by atoms with Crippen molar-refractivity contribution >= 4 is 23.3 Å². The standard InChI is InChI=1S/C44H56ClN3O6/c1-28(26-52-38-10-17-46-37-9-4-6-29(2)41(37)38)20-31-21-30-22-39-40(54-35(27-53-39)25-48(3)34-11-18-51-19-12-34)24-36(30)43(31)13-15-44(16-14-43,42(49)50)47-33-8-5-7-32(45)23-33/h5,7-8,10,17,22-24,28-29,31,34-35,47H,4,6,9,11-16,18-21,25-27H2,1-3H3,(H,49,50)/t28-,29-,31?,35?,43?,44?/m1/s1. The number of halogens is 1. The Morgan fingerprint density at radius 3 is 2.70 bits per heavy atom. The molecule has 2 aliphatic heterocycles. The summed E-state index contributed by atoms with van der Waals surface area (Å²) < 4.78 is 25.4. The van der Waals surface area contributed by atoms with E-state index in [0.29, 0.717) is 54.9 Å². The highest BCUT2D eigenvalue weighted by Gasteiger charge is 2.54. The van der Waals surface area contributed by atoms with Gasteiger partial charge < -0.3 is 29.4 Å². The van der Waals surface area contributed by atoms with Crippen LogP contribution in [0, 0.1) is 11.8 Å². The first-order valence-corrected chi connectivity index (χ1v) is 20.6. The van der Waals surface area contributed by atoms with E-state index in [2.05, 4.69) is 48.2 Å². The Kier molecular flexibility index (Phi) is 10.8. The van der Waals surface area contributed by atoms with Gasteiger partial charge in [0.25, 0.3) is 0 Å². The molecule has 0 amide bonds. The van der Waals surface area contributed by atoms with Crippen LogP contribution in [0.2, 0.25) is 5.02 Å². The van der Waals surface area contributed by atoms with Crippen LogP contribution in [0.3, 0.4) is 0 Å². The second-order valence-electron chi connectivity index (χ2n) is 17.0. The van der Waals surface area contributed by atoms with E-state index in [4.69, 9.17) is 30.5 Å². The van der Waals surface area contributed by atoms with Crippen molar-refractivity contribution < 1.29 is 28.8 Å². The first-order valence-electron chi connectivity index (χ1n) is 20.2. The first kappa shape index (κ1) is 37.4. The van der Waals surface area contributed by atoms with E-state index in [1.807, 2.05) is 36.5 Å². The van der Waals surface area contributed by atoms with E-state index in [1.54, 1.807) is 0 Å². The molecule has 3 aliphatic carbocycles. The fraction of sp³-hybridized carbons (Fsp3) is 0.591. The second kappa shape index (κ2) is 15.5. The zero-order valence-corrected chi connectivity index (χ0v) is 32.8. The molecule has 2 unspecified atom stereocenters. The Bertz CT molecular complexity index is 1820. The van der Waals surface area contributed by atoms with Gasteiger partial charge in [-0.05, 0) is 148 Å². The molecule has 10 heteroatoms. The fourth-order valence-corrected chi connectivity index (χ4v) is 10.6. The van der Waals surface area contributed by atoms with E-state index >= 15 is 0 Å². The number of nitrogens with one attached hydrogen (secondary N) is 1. The van der Waals surface area contributed by atoms with Crippen LogP contribution in [0.25, 0.3) is 0 Å². The van der Waals surface area contributed by atoms with Crippen molar-refractivity contribution in [1.29, 1.82) is 0 Å². The molecule has 3 heterocycles. The minimum Gasteiger partial charge on any atom is -0.493 e. The van der Waals surface area contributed by atoms with Gasteiger partial charge in [-0.3, -0.25) is 9.88 Å². The molecule has 1 saturated carbocycles. The highest BCUT2D eigenvalue weighted by atomic mass is 35.5. The summed E-state index contributed by atoms with van der Waals surface area (Å²) >= 11 is 6.32. The summed E-state index contributed by atoms with van der Waals surface area (Å²) in [6.45, 7) is 8.16. The average Bonchev–Trinajstić information content (AvgIpc) is 3.44. The number of carboxylic acids is 1. The number of hydrogen-bond acceptors (Lipinski definition) is 8. The number of ether oxygens (including phenoxy) is 4. The monoisotopic (exact) mass is 757 g/mol. The lowest BCUT2D eigenvalue weighted by molar-refractivity contribution is -0.144. The number of fused-ring (bicyclic) bond motifs is 4. The van der Waals surface area contributed by atoms with Crippen LogP contribution >= 0.6 is 11.6 Å². The lowest BCUT2D eigenvalue weighted by Crippen LogP contribution is -2.53. The minimum atomic E-state index is -1.08. The number of aromatic nitrogens is 1. The van der Waals surface area contributed by atoms with Gasteiger partial charge in [0.1, 0.15) is 24.0 Å². The molecule has 8 rings (SSSR count). The van der Waals surface area contributed by atoms with E-state index in [-0.39, 0.29) is 11.5 Å². The maximum Gasteiger partial charge on any atom is 0.329 e. The maximum atomic E-state index is 13.1. The molecule has 2 N–H and O–H groups in total. The summed E-state index contributed by atoms with van der Waals surface area (Å²) in [7, 11) is 2.18. The largest absolute Gasteiger partial charge is 0.493 e. The van der Waals surface area contributed by atoms with E-state index in [1.165, 1.54) is 35.2 Å². The molecule has 2 fully saturated rings. The number of aliphatic carboxylic acids is 1. The summed E-state index contributed by atoms with van der Waals surface area (Å²) in [5, 5.41) is 14.7. The lowest BCUT2D eigenvalue weighted by atomic mass is 9.59. The number of likely N-dealkylation sites (N-methyl/N-ethyl adjacent to an activating group) is 1. The third kappa shape index (κ3) is 7.40. The summed E-state index contributed by atoms with van der Waals surface area (Å²) in [4.78, 5) is 20.2. The molecule has 2 aromatic carbocycles. The van der Waals surface area contributed by atoms with Crippen LogP contribution in [0.5, 0.6) is 17.2 Å². The van der Waals surface area contributed by atoms with E-state index in [9.17, 15) is 9.90 Å². The van der Waals surface area contributed by atoms with Gasteiger partial charge in [0.05, 0.1) is 6.61 Å². The molecule has 1 aromatic heterocycles. The highest BCUT2D eigenvalue weighted by Crippen LogP contribution is 2.58. The summed E-state index contributed by atoms with van der Waals surface area (Å²) in [5.41, 5.74) is 4.55. The molecule has 1 spiro atoms. The third-order valence-corrected chi connectivity index (χ3v) is 13.6. The predicted octanol–water partition coefficient (Wildman–Crippen LogP) is 8.45. The molecule has 4 atom stereocenters. The summed E-state index contributed by atoms with van der Waals surface area (Å²) in [6.07, 6.45) is 11.7. The Morgan fingerprint density at radius 2 is 1.93 bits per heavy atom. The van der Waals surface area contributed by atoms with Gasteiger partial charge in [0.15, 0.2) is 11.5 Å². The van der Waals surface area contributed by atoms with Crippen LogP contribution < -0.4 is 19.5 Å². The predicted molar refractivity (Wildman–Crippen MR) is 210 cm³/mol. The lowest BCUT2D eigenvalue weighted by Gasteiger charge is -2.47. The normalized spacial score (nSPS) is 28.4. The van der Waals surface area contributed by atoms with Crippen molar-refractivity contribution in [2.45, 2.75) is 113 Å². The molecule has 3 aromatic rings. The van der Waals surface area contributed by atoms with Gasteiger partial charge in [-0.15, -0.1) is 0 Å². The molecular formula is C44H56ClN3O6. The van der Waals surface area contributed by atoms with E-state index in [0.717, 1.165) is 87.6 Å². The van der Waals surface area contributed by atoms with Gasteiger partial charge in [0, 0.05) is 54.0 Å². The number of anilines is 1. The molecule has 1 saturated heterocycles. The van der Waals surface area contributed by atoms with Crippen LogP contribution in [0.15, 0.2) is 48.7 Å². The first-order chi connectivity index (χ1) is 26.1. The number of pyridine rings is 1. The number of hydrogen-bond donors (Lipinski definition) is 2. The van der Waals surface area contributed by atoms with Crippen LogP contribution in [0.1, 0.15) is 99.9 Å². The van der Waals surface area contributed by atoms with Crippen molar-refractivity contribution in [3.05, 3.63) is 76.1 Å². The Labute approximate surface area is 325 Å². The summed E-state index contributed by atoms with van der Waals surface area (Å²) in [5.74, 6) is 2.88. The van der Waals surface area contributed by atoms with Crippen molar-refractivity contribution in [1.82, 2.24) is 9.88 Å². The minimum absolute atomic E-state index is 0.0664. The van der Waals surface area contributed by atoms with Gasteiger partial charge in [-0.2, -0.15) is 0 Å². The van der Waals surface area contributed by atoms with Crippen LogP contribution in [0.4, 0.5) is 5.69 Å². The number of nitrogens with zero attached hydrogens (tertiary/aromatic N) is 2. The molecule has 0 bridgehead atoms. The molecular weight excluding hydrogens is 702 g/mol. The maximum absolute atomic E-state index is 13.1. The molecule has 0 radical (unpaired) electrons. The van der Waals surface area contributed by atoms with Gasteiger partial charge >= 0.3 is 5.97 Å². The third-order valence-electron chi connectivity index (χ3n) is 13.4. The smallest absolute Gasteiger partial charge is 0.329 e. The van der Waals surface area contributed by atoms with Crippen LogP contribution in [-0.4, -0.2) is 78.7 Å². The topological polar surface area (TPSA) is 102 Å². The second-order valence-corrected chi connectivity index (χ2v) is 17.4. The van der Waals surface area contributed by atoms with Crippen molar-refractivity contribution in [2.75, 3.05) is 45.3 Å². The van der Waals surface area contributed by atoms with Gasteiger partial charge in [0.2, 0.25) is 0 Å². The zero-order chi connectivity index (χ0) is 37.5. The molecule has 290 valence electrons. The van der Waals surface area contributed by atoms with Gasteiger partial charge in [-0.25, -0.2) is 4.79 Å².